The highest BCUT2D eigenvalue weighted by molar-refractivity contribution is 5.91. The summed E-state index contributed by atoms with van der Waals surface area (Å²) in [6.07, 6.45) is 4.18. The molecule has 4 aromatic heterocycles. The zero-order valence-electron chi connectivity index (χ0n) is 25.0. The average molecular weight is 589 g/mol. The lowest BCUT2D eigenvalue weighted by atomic mass is 9.98. The van der Waals surface area contributed by atoms with E-state index in [9.17, 15) is 0 Å². The molecule has 0 aliphatic carbocycles. The van der Waals surface area contributed by atoms with Crippen LogP contribution >= 0.6 is 0 Å². The number of benzene rings is 5. The van der Waals surface area contributed by atoms with Gasteiger partial charge in [-0.05, 0) is 52.2 Å². The molecule has 0 saturated carbocycles. The number of pyridine rings is 2. The van der Waals surface area contributed by atoms with Gasteiger partial charge in [0.25, 0.3) is 0 Å². The SMILES string of the molecule is c1ccc(-c2nc3ccccn3c2-c2ccc(-c3ccc(-c4c(-c5ccc6ccccc6c5)nc5ccccn45)cc3)cc2)cc1. The van der Waals surface area contributed by atoms with E-state index in [1.54, 1.807) is 0 Å². The first-order valence-corrected chi connectivity index (χ1v) is 15.5. The van der Waals surface area contributed by atoms with Crippen LogP contribution in [-0.2, 0) is 0 Å². The van der Waals surface area contributed by atoms with E-state index in [1.807, 2.05) is 18.2 Å². The average Bonchev–Trinajstić information content (AvgIpc) is 3.72. The molecule has 216 valence electrons. The normalized spacial score (nSPS) is 11.5. The molecule has 0 unspecified atom stereocenters. The minimum Gasteiger partial charge on any atom is -0.299 e. The maximum atomic E-state index is 5.09. The van der Waals surface area contributed by atoms with Gasteiger partial charge in [-0.1, -0.05) is 127 Å². The van der Waals surface area contributed by atoms with Gasteiger partial charge >= 0.3 is 0 Å². The van der Waals surface area contributed by atoms with Gasteiger partial charge < -0.3 is 0 Å². The second kappa shape index (κ2) is 10.7. The molecule has 0 bridgehead atoms. The van der Waals surface area contributed by atoms with Crippen LogP contribution < -0.4 is 0 Å². The Labute approximate surface area is 266 Å². The Morgan fingerprint density at radius 2 is 0.783 bits per heavy atom. The summed E-state index contributed by atoms with van der Waals surface area (Å²) in [6.45, 7) is 0. The molecule has 0 saturated heterocycles. The molecule has 5 aromatic carbocycles. The van der Waals surface area contributed by atoms with E-state index in [4.69, 9.17) is 9.97 Å². The third-order valence-electron chi connectivity index (χ3n) is 8.78. The van der Waals surface area contributed by atoms with Crippen LogP contribution in [0.2, 0.25) is 0 Å². The number of hydrogen-bond donors (Lipinski definition) is 0. The van der Waals surface area contributed by atoms with Crippen LogP contribution in [0.4, 0.5) is 0 Å². The van der Waals surface area contributed by atoms with Crippen molar-refractivity contribution in [3.63, 3.8) is 0 Å². The molecule has 0 fully saturated rings. The Kier molecular flexibility index (Phi) is 6.10. The lowest BCUT2D eigenvalue weighted by Gasteiger charge is -2.10. The van der Waals surface area contributed by atoms with E-state index in [-0.39, 0.29) is 0 Å². The van der Waals surface area contributed by atoms with Crippen LogP contribution in [0.3, 0.4) is 0 Å². The molecule has 0 radical (unpaired) electrons. The van der Waals surface area contributed by atoms with Gasteiger partial charge in [0.2, 0.25) is 0 Å². The molecule has 9 rings (SSSR count). The van der Waals surface area contributed by atoms with E-state index in [1.165, 1.54) is 16.3 Å². The zero-order valence-corrected chi connectivity index (χ0v) is 25.0. The molecular formula is C42H28N4. The molecule has 0 aliphatic heterocycles. The van der Waals surface area contributed by atoms with Gasteiger partial charge in [0.1, 0.15) is 11.3 Å². The summed E-state index contributed by atoms with van der Waals surface area (Å²) in [4.78, 5) is 10.1. The molecule has 9 aromatic rings. The highest BCUT2D eigenvalue weighted by atomic mass is 15.0. The zero-order chi connectivity index (χ0) is 30.5. The fourth-order valence-corrected chi connectivity index (χ4v) is 6.52. The number of rotatable bonds is 5. The van der Waals surface area contributed by atoms with E-state index in [0.29, 0.717) is 0 Å². The van der Waals surface area contributed by atoms with E-state index >= 15 is 0 Å². The lowest BCUT2D eigenvalue weighted by Crippen LogP contribution is -1.90. The summed E-state index contributed by atoms with van der Waals surface area (Å²) in [5.41, 5.74) is 12.8. The standard InChI is InChI=1S/C42H28N4/c1-2-11-32(12-3-1)39-41(45-26-8-6-14-37(45)43-39)33-21-16-30(17-22-33)31-18-23-34(24-19-31)42-40(44-38-15-7-9-27-46(38)42)36-25-20-29-10-4-5-13-35(29)28-36/h1-28H. The minimum atomic E-state index is 0.933. The van der Waals surface area contributed by atoms with Crippen molar-refractivity contribution in [2.45, 2.75) is 0 Å². The largest absolute Gasteiger partial charge is 0.299 e. The molecule has 4 nitrogen and oxygen atoms in total. The maximum Gasteiger partial charge on any atom is 0.137 e. The van der Waals surface area contributed by atoms with Crippen LogP contribution in [0.5, 0.6) is 0 Å². The molecule has 4 heterocycles. The van der Waals surface area contributed by atoms with Gasteiger partial charge in [-0.3, -0.25) is 8.80 Å². The Bertz CT molecular complexity index is 2500. The summed E-state index contributed by atoms with van der Waals surface area (Å²) in [5.74, 6) is 0. The Hall–Kier alpha value is -6.26. The van der Waals surface area contributed by atoms with Crippen LogP contribution in [-0.4, -0.2) is 18.8 Å². The quantitative estimate of drug-likeness (QED) is 0.200. The predicted molar refractivity (Wildman–Crippen MR) is 189 cm³/mol. The van der Waals surface area contributed by atoms with Crippen molar-refractivity contribution in [2.24, 2.45) is 0 Å². The van der Waals surface area contributed by atoms with E-state index < -0.39 is 0 Å². The van der Waals surface area contributed by atoms with Crippen molar-refractivity contribution in [3.8, 4) is 56.2 Å². The van der Waals surface area contributed by atoms with Gasteiger partial charge in [-0.15, -0.1) is 0 Å². The number of fused-ring (bicyclic) bond motifs is 3. The van der Waals surface area contributed by atoms with E-state index in [0.717, 1.165) is 61.9 Å². The van der Waals surface area contributed by atoms with Crippen molar-refractivity contribution >= 4 is 22.1 Å². The molecule has 0 N–H and O–H groups in total. The van der Waals surface area contributed by atoms with Crippen molar-refractivity contribution < 1.29 is 0 Å². The Balaban J connectivity index is 1.09. The third kappa shape index (κ3) is 4.39. The van der Waals surface area contributed by atoms with Crippen LogP contribution in [0.15, 0.2) is 170 Å². The Morgan fingerprint density at radius 3 is 1.37 bits per heavy atom. The monoisotopic (exact) mass is 588 g/mol. The van der Waals surface area contributed by atoms with Gasteiger partial charge in [0.15, 0.2) is 0 Å². The topological polar surface area (TPSA) is 34.6 Å². The van der Waals surface area contributed by atoms with Gasteiger partial charge in [-0.2, -0.15) is 0 Å². The van der Waals surface area contributed by atoms with Crippen molar-refractivity contribution in [2.75, 3.05) is 0 Å². The fraction of sp³-hybridized carbons (Fsp3) is 0. The summed E-state index contributed by atoms with van der Waals surface area (Å²) in [5, 5.41) is 2.44. The summed E-state index contributed by atoms with van der Waals surface area (Å²) >= 11 is 0. The second-order valence-electron chi connectivity index (χ2n) is 11.6. The minimum absolute atomic E-state index is 0.933. The number of aromatic nitrogens is 4. The first-order chi connectivity index (χ1) is 22.8. The van der Waals surface area contributed by atoms with Gasteiger partial charge in [0, 0.05) is 34.6 Å². The van der Waals surface area contributed by atoms with Crippen molar-refractivity contribution in [3.05, 3.63) is 170 Å². The predicted octanol–water partition coefficient (Wildman–Crippen LogP) is 10.5. The second-order valence-corrected chi connectivity index (χ2v) is 11.6. The van der Waals surface area contributed by atoms with Crippen molar-refractivity contribution in [1.82, 2.24) is 18.8 Å². The molecule has 4 heteroatoms. The molecule has 0 amide bonds. The number of hydrogen-bond acceptors (Lipinski definition) is 2. The Morgan fingerprint density at radius 1 is 0.326 bits per heavy atom. The molecule has 0 aliphatic rings. The smallest absolute Gasteiger partial charge is 0.137 e. The van der Waals surface area contributed by atoms with Gasteiger partial charge in [-0.25, -0.2) is 9.97 Å². The first kappa shape index (κ1) is 26.2. The highest BCUT2D eigenvalue weighted by Crippen LogP contribution is 2.37. The first-order valence-electron chi connectivity index (χ1n) is 15.5. The third-order valence-corrected chi connectivity index (χ3v) is 8.78. The number of imidazole rings is 2. The highest BCUT2D eigenvalue weighted by Gasteiger charge is 2.18. The van der Waals surface area contributed by atoms with E-state index in [2.05, 4.69) is 161 Å². The molecule has 0 atom stereocenters. The molecule has 0 spiro atoms. The van der Waals surface area contributed by atoms with Crippen LogP contribution in [0, 0.1) is 0 Å². The number of nitrogens with zero attached hydrogens (tertiary/aromatic N) is 4. The van der Waals surface area contributed by atoms with Gasteiger partial charge in [0.05, 0.1) is 22.8 Å². The fourth-order valence-electron chi connectivity index (χ4n) is 6.52. The summed E-state index contributed by atoms with van der Waals surface area (Å²) in [7, 11) is 0. The van der Waals surface area contributed by atoms with Crippen LogP contribution in [0.1, 0.15) is 0 Å². The molecule has 46 heavy (non-hydrogen) atoms. The maximum absolute atomic E-state index is 5.09. The lowest BCUT2D eigenvalue weighted by molar-refractivity contribution is 1.19. The van der Waals surface area contributed by atoms with Crippen molar-refractivity contribution in [1.29, 1.82) is 0 Å². The summed E-state index contributed by atoms with van der Waals surface area (Å²) < 4.78 is 4.36. The summed E-state index contributed by atoms with van der Waals surface area (Å²) in [6, 6.07) is 55.4. The van der Waals surface area contributed by atoms with Crippen LogP contribution in [0.25, 0.3) is 78.2 Å². The molecular weight excluding hydrogens is 560 g/mol.